The van der Waals surface area contributed by atoms with Crippen LogP contribution in [0.3, 0.4) is 0 Å². The number of rotatable bonds is 4. The second-order valence-corrected chi connectivity index (χ2v) is 13.3. The van der Waals surface area contributed by atoms with Crippen LogP contribution < -0.4 is 0 Å². The van der Waals surface area contributed by atoms with E-state index in [1.54, 1.807) is 11.0 Å². The summed E-state index contributed by atoms with van der Waals surface area (Å²) in [6.07, 6.45) is 3.98. The molecule has 218 valence electrons. The van der Waals surface area contributed by atoms with Crippen LogP contribution in [0.25, 0.3) is 0 Å². The van der Waals surface area contributed by atoms with Crippen molar-refractivity contribution in [3.8, 4) is 0 Å². The van der Waals surface area contributed by atoms with E-state index in [0.29, 0.717) is 49.4 Å². The van der Waals surface area contributed by atoms with Gasteiger partial charge in [-0.1, -0.05) is 30.7 Å². The first-order valence-electron chi connectivity index (χ1n) is 14.5. The Kier molecular flexibility index (Phi) is 7.01. The van der Waals surface area contributed by atoms with Crippen LogP contribution in [-0.2, 0) is 27.6 Å². The molecule has 3 heterocycles. The highest BCUT2D eigenvalue weighted by atomic mass is 35.5. The molecule has 2 aliphatic heterocycles. The lowest BCUT2D eigenvalue weighted by Gasteiger charge is -2.42. The zero-order chi connectivity index (χ0) is 29.3. The van der Waals surface area contributed by atoms with E-state index in [2.05, 4.69) is 36.9 Å². The van der Waals surface area contributed by atoms with Crippen molar-refractivity contribution < 1.29 is 18.3 Å². The zero-order valence-corrected chi connectivity index (χ0v) is 25.0. The van der Waals surface area contributed by atoms with E-state index in [9.17, 15) is 13.6 Å². The second kappa shape index (κ2) is 10.2. The van der Waals surface area contributed by atoms with Crippen LogP contribution in [0.1, 0.15) is 86.6 Å². The number of piperidine rings is 1. The van der Waals surface area contributed by atoms with Crippen molar-refractivity contribution >= 4 is 17.5 Å². The largest absolute Gasteiger partial charge is 0.361 e. The van der Waals surface area contributed by atoms with Gasteiger partial charge in [-0.2, -0.15) is 5.10 Å². The van der Waals surface area contributed by atoms with Gasteiger partial charge in [-0.15, -0.1) is 0 Å². The number of hydrogen-bond acceptors (Lipinski definition) is 4. The smallest absolute Gasteiger partial charge is 0.226 e. The molecule has 6 nitrogen and oxygen atoms in total. The van der Waals surface area contributed by atoms with Crippen LogP contribution in [0.5, 0.6) is 0 Å². The number of ether oxygens (including phenoxy) is 1. The van der Waals surface area contributed by atoms with Crippen molar-refractivity contribution in [2.45, 2.75) is 76.4 Å². The van der Waals surface area contributed by atoms with E-state index in [4.69, 9.17) is 16.3 Å². The number of benzene rings is 2. The number of carbonyl (C=O) groups excluding carboxylic acids is 1. The predicted octanol–water partition coefficient (Wildman–Crippen LogP) is 6.75. The summed E-state index contributed by atoms with van der Waals surface area (Å²) in [6, 6.07) is 7.89. The Balaban J connectivity index is 1.26. The minimum absolute atomic E-state index is 0.0500. The molecule has 3 aliphatic rings. The number of hydrogen-bond donors (Lipinski definition) is 0. The molecule has 9 heteroatoms. The number of fused-ring (bicyclic) bond motifs is 2. The lowest BCUT2D eigenvalue weighted by molar-refractivity contribution is -0.151. The van der Waals surface area contributed by atoms with Crippen LogP contribution in [-0.4, -0.2) is 38.7 Å². The molecular formula is C32H37ClF2N4O2. The van der Waals surface area contributed by atoms with Gasteiger partial charge in [0.15, 0.2) is 0 Å². The molecule has 0 bridgehead atoms. The highest BCUT2D eigenvalue weighted by Crippen LogP contribution is 2.56. The molecule has 2 aromatic carbocycles. The summed E-state index contributed by atoms with van der Waals surface area (Å²) in [4.78, 5) is 20.4. The molecule has 1 aromatic heterocycles. The quantitative estimate of drug-likeness (QED) is 0.341. The van der Waals surface area contributed by atoms with E-state index in [1.165, 1.54) is 12.1 Å². The lowest BCUT2D eigenvalue weighted by Crippen LogP contribution is -2.48. The Bertz CT molecular complexity index is 1500. The van der Waals surface area contributed by atoms with E-state index in [1.807, 2.05) is 24.9 Å². The average molecular weight is 583 g/mol. The van der Waals surface area contributed by atoms with Gasteiger partial charge >= 0.3 is 0 Å². The van der Waals surface area contributed by atoms with Crippen LogP contribution in [0.4, 0.5) is 8.78 Å². The molecule has 1 amide bonds. The Labute approximate surface area is 245 Å². The summed E-state index contributed by atoms with van der Waals surface area (Å²) < 4.78 is 37.2. The van der Waals surface area contributed by atoms with Gasteiger partial charge in [0.1, 0.15) is 23.8 Å². The summed E-state index contributed by atoms with van der Waals surface area (Å²) >= 11 is 6.66. The molecule has 6 rings (SSSR count). The van der Waals surface area contributed by atoms with Crippen LogP contribution in [0.2, 0.25) is 5.02 Å². The SMILES string of the molecule is Cc1cc2c(cc1Cl)C1(CCN(C(=O)[C@@H]3CC(C)C[C@H]3c3ccc(F)cc3F)CC1)O[C@@H]2C(C)(C)c1ncnn1C. The standard InChI is InChI=1S/C32H37ClF2N4O2/c1-18-12-22(21-7-6-20(34)15-27(21)35)23(13-18)29(40)39-10-8-32(9-11-39)25-16-26(33)19(2)14-24(25)28(41-32)31(3,4)30-36-17-37-38(30)5/h6-7,14-18,22-23,28H,8-13H2,1-5H3/t18?,22-,23+,28-/m0/s1. The first-order valence-corrected chi connectivity index (χ1v) is 14.9. The Hall–Kier alpha value is -2.84. The second-order valence-electron chi connectivity index (χ2n) is 12.9. The number of amides is 1. The monoisotopic (exact) mass is 582 g/mol. The fourth-order valence-electron chi connectivity index (χ4n) is 7.62. The number of nitrogens with zero attached hydrogens (tertiary/aromatic N) is 4. The summed E-state index contributed by atoms with van der Waals surface area (Å²) in [5, 5.41) is 5.00. The number of halogens is 3. The molecule has 3 aromatic rings. The molecule has 1 aliphatic carbocycles. The van der Waals surface area contributed by atoms with Gasteiger partial charge in [0, 0.05) is 37.1 Å². The van der Waals surface area contributed by atoms with E-state index < -0.39 is 22.7 Å². The van der Waals surface area contributed by atoms with Gasteiger partial charge in [0.25, 0.3) is 0 Å². The third-order valence-corrected chi connectivity index (χ3v) is 10.2. The molecule has 41 heavy (non-hydrogen) atoms. The number of aromatic nitrogens is 3. The molecule has 1 saturated heterocycles. The third kappa shape index (κ3) is 4.67. The van der Waals surface area contributed by atoms with E-state index in [0.717, 1.165) is 28.6 Å². The predicted molar refractivity (Wildman–Crippen MR) is 153 cm³/mol. The Morgan fingerprint density at radius 2 is 1.85 bits per heavy atom. The maximum Gasteiger partial charge on any atom is 0.226 e. The first kappa shape index (κ1) is 28.3. The summed E-state index contributed by atoms with van der Waals surface area (Å²) in [7, 11) is 1.89. The summed E-state index contributed by atoms with van der Waals surface area (Å²) in [5.74, 6) is -0.581. The minimum atomic E-state index is -0.603. The molecule has 0 N–H and O–H groups in total. The average Bonchev–Trinajstić information content (AvgIpc) is 3.61. The summed E-state index contributed by atoms with van der Waals surface area (Å²) in [6.45, 7) is 9.42. The lowest BCUT2D eigenvalue weighted by atomic mass is 9.78. The van der Waals surface area contributed by atoms with Crippen molar-refractivity contribution in [3.05, 3.63) is 81.4 Å². The fourth-order valence-corrected chi connectivity index (χ4v) is 7.79. The van der Waals surface area contributed by atoms with Gasteiger partial charge in [-0.3, -0.25) is 9.48 Å². The fraction of sp³-hybridized carbons (Fsp3) is 0.531. The molecule has 0 radical (unpaired) electrons. The number of aryl methyl sites for hydroxylation is 2. The normalized spacial score (nSPS) is 25.6. The molecule has 4 atom stereocenters. The van der Waals surface area contributed by atoms with Gasteiger partial charge < -0.3 is 9.64 Å². The molecule has 1 unspecified atom stereocenters. The van der Waals surface area contributed by atoms with E-state index in [-0.39, 0.29) is 29.8 Å². The minimum Gasteiger partial charge on any atom is -0.361 e. The Morgan fingerprint density at radius 1 is 1.12 bits per heavy atom. The van der Waals surface area contributed by atoms with Crippen molar-refractivity contribution in [2.24, 2.45) is 18.9 Å². The van der Waals surface area contributed by atoms with E-state index >= 15 is 0 Å². The number of likely N-dealkylation sites (tertiary alicyclic amines) is 1. The highest BCUT2D eigenvalue weighted by Gasteiger charge is 2.53. The van der Waals surface area contributed by atoms with Gasteiger partial charge in [-0.25, -0.2) is 13.8 Å². The van der Waals surface area contributed by atoms with Crippen molar-refractivity contribution in [2.75, 3.05) is 13.1 Å². The topological polar surface area (TPSA) is 60.3 Å². The van der Waals surface area contributed by atoms with Crippen molar-refractivity contribution in [1.29, 1.82) is 0 Å². The maximum absolute atomic E-state index is 14.8. The van der Waals surface area contributed by atoms with Crippen molar-refractivity contribution in [1.82, 2.24) is 19.7 Å². The molecular weight excluding hydrogens is 546 g/mol. The highest BCUT2D eigenvalue weighted by molar-refractivity contribution is 6.31. The molecule has 2 fully saturated rings. The third-order valence-electron chi connectivity index (χ3n) is 9.75. The molecule has 1 spiro atoms. The number of carbonyl (C=O) groups is 1. The van der Waals surface area contributed by atoms with Crippen LogP contribution in [0.15, 0.2) is 36.7 Å². The van der Waals surface area contributed by atoms with Gasteiger partial charge in [0.05, 0.1) is 17.1 Å². The first-order chi connectivity index (χ1) is 19.4. The van der Waals surface area contributed by atoms with Crippen molar-refractivity contribution in [3.63, 3.8) is 0 Å². The van der Waals surface area contributed by atoms with Crippen LogP contribution >= 0.6 is 11.6 Å². The molecule has 1 saturated carbocycles. The Morgan fingerprint density at radius 3 is 2.51 bits per heavy atom. The van der Waals surface area contributed by atoms with Crippen LogP contribution in [0, 0.1) is 30.4 Å². The zero-order valence-electron chi connectivity index (χ0n) is 24.3. The summed E-state index contributed by atoms with van der Waals surface area (Å²) in [5.41, 5.74) is 2.58. The van der Waals surface area contributed by atoms with Gasteiger partial charge in [-0.05, 0) is 92.7 Å². The van der Waals surface area contributed by atoms with Gasteiger partial charge in [0.2, 0.25) is 5.91 Å². The maximum atomic E-state index is 14.8.